The Balaban J connectivity index is 1.60. The highest BCUT2D eigenvalue weighted by Crippen LogP contribution is 2.66. The Morgan fingerprint density at radius 1 is 0.452 bits per heavy atom. The molecule has 0 amide bonds. The maximum atomic E-state index is 12.2. The van der Waals surface area contributed by atoms with Crippen molar-refractivity contribution in [1.82, 2.24) is 0 Å². The van der Waals surface area contributed by atoms with Crippen LogP contribution in [-0.4, -0.2) is 23.2 Å². The number of benzene rings is 6. The van der Waals surface area contributed by atoms with E-state index >= 15 is 0 Å². The standard InChI is InChI=1S/C30H18N14O14S4/c31-16-2-1-14-9-27(61(42-53,43-54)44-55)29(30(46)21(14)10-16)35-33-24-6-5-23(20-4-3-17(11-22(20)24)62(56,57)58)32-34-25-12-18(59(36-47,37-48)38-49)7-15-8-19(13-26(45)28(15)25)60(39-50,40-51)41-52/h1-13,45-46H,31H2,(H,56,57,58). The Morgan fingerprint density at radius 3 is 1.52 bits per heavy atom. The first-order valence-electron chi connectivity index (χ1n) is 15.9. The minimum atomic E-state index is -4.92. The zero-order valence-corrected chi connectivity index (χ0v) is 33.1. The Hall–Kier alpha value is -7.94. The van der Waals surface area contributed by atoms with Crippen LogP contribution in [0.15, 0.2) is 160 Å². The number of rotatable bonds is 17. The van der Waals surface area contributed by atoms with E-state index in [-0.39, 0.29) is 49.4 Å². The summed E-state index contributed by atoms with van der Waals surface area (Å²) in [6.45, 7) is 0. The SMILES string of the molecule is Nc1ccc2cc(S(N=O)(N=O)N=O)c(N=Nc3ccc(N=Nc4cc(S(N=O)(N=O)N=O)cc5cc(S(N=O)(N=O)N=O)cc(O)c45)c4ccc(S(=O)(=O)O)cc34)c(O)c2c1. The quantitative estimate of drug-likeness (QED) is 0.0286. The van der Waals surface area contributed by atoms with Gasteiger partial charge in [-0.25, -0.2) is 0 Å². The van der Waals surface area contributed by atoms with Crippen LogP contribution in [0.1, 0.15) is 0 Å². The maximum absolute atomic E-state index is 12.2. The molecule has 6 aromatic rings. The molecule has 0 aliphatic carbocycles. The van der Waals surface area contributed by atoms with Crippen LogP contribution in [-0.2, 0) is 10.1 Å². The second-order valence-corrected chi connectivity index (χ2v) is 19.2. The van der Waals surface area contributed by atoms with E-state index in [2.05, 4.69) is 61.7 Å². The van der Waals surface area contributed by atoms with Gasteiger partial charge in [-0.2, -0.15) is 8.42 Å². The van der Waals surface area contributed by atoms with Gasteiger partial charge in [0.2, 0.25) is 0 Å². The van der Waals surface area contributed by atoms with Crippen LogP contribution in [0.3, 0.4) is 0 Å². The molecule has 0 fully saturated rings. The van der Waals surface area contributed by atoms with Gasteiger partial charge in [-0.1, -0.05) is 12.1 Å². The lowest BCUT2D eigenvalue weighted by molar-refractivity contribution is 0.480. The molecule has 0 atom stereocenters. The number of nitroso groups, excluding NO2 is 9. The first kappa shape index (κ1) is 43.6. The van der Waals surface area contributed by atoms with Gasteiger partial charge < -0.3 is 15.9 Å². The summed E-state index contributed by atoms with van der Waals surface area (Å²) in [5.74, 6) is -1.59. The van der Waals surface area contributed by atoms with E-state index in [1.807, 2.05) is 0 Å². The van der Waals surface area contributed by atoms with Crippen molar-refractivity contribution < 1.29 is 23.2 Å². The first-order chi connectivity index (χ1) is 29.6. The van der Waals surface area contributed by atoms with Crippen LogP contribution in [0.5, 0.6) is 11.5 Å². The van der Waals surface area contributed by atoms with E-state index < -0.39 is 84.3 Å². The highest BCUT2D eigenvalue weighted by Gasteiger charge is 2.38. The van der Waals surface area contributed by atoms with Crippen LogP contribution in [0, 0.1) is 44.2 Å². The zero-order chi connectivity index (χ0) is 45.2. The summed E-state index contributed by atoms with van der Waals surface area (Å²) in [6, 6.07) is 13.8. The maximum Gasteiger partial charge on any atom is 0.294 e. The molecule has 0 aromatic heterocycles. The zero-order valence-electron chi connectivity index (χ0n) is 29.9. The fraction of sp³-hybridized carbons (Fsp3) is 0. The molecule has 0 heterocycles. The van der Waals surface area contributed by atoms with Gasteiger partial charge in [0.1, 0.15) is 11.4 Å². The van der Waals surface area contributed by atoms with E-state index in [1.54, 1.807) is 0 Å². The molecular formula is C30H18N14O14S4. The number of phenols is 2. The molecule has 0 saturated heterocycles. The predicted octanol–water partition coefficient (Wildman–Crippen LogP) is 11.8. The summed E-state index contributed by atoms with van der Waals surface area (Å²) in [7, 11) is -17.8. The Morgan fingerprint density at radius 2 is 0.968 bits per heavy atom. The number of hydrogen-bond donors (Lipinski definition) is 4. The highest BCUT2D eigenvalue weighted by atomic mass is 32.3. The number of nitrogen functional groups attached to an aromatic ring is 1. The molecule has 6 aromatic carbocycles. The van der Waals surface area contributed by atoms with Gasteiger partial charge in [-0.3, -0.25) is 4.55 Å². The number of nitrogens with zero attached hydrogens (tertiary/aromatic N) is 13. The number of hydrogen-bond acceptors (Lipinski definition) is 27. The summed E-state index contributed by atoms with van der Waals surface area (Å²) in [5.41, 5.74) is 4.42. The van der Waals surface area contributed by atoms with E-state index in [1.165, 1.54) is 24.3 Å². The molecule has 0 unspecified atom stereocenters. The van der Waals surface area contributed by atoms with E-state index in [4.69, 9.17) is 5.73 Å². The molecule has 0 saturated carbocycles. The molecule has 32 heteroatoms. The number of azo groups is 2. The van der Waals surface area contributed by atoms with Crippen molar-refractivity contribution in [2.24, 2.45) is 61.7 Å². The molecule has 0 aliphatic heterocycles. The molecular weight excluding hydrogens is 909 g/mol. The number of phenolic OH excluding ortho intramolecular Hbond substituents is 2. The summed E-state index contributed by atoms with van der Waals surface area (Å²) >= 11 is 0. The van der Waals surface area contributed by atoms with Gasteiger partial charge in [-0.05, 0) is 77.5 Å². The van der Waals surface area contributed by atoms with Crippen LogP contribution in [0.2, 0.25) is 0 Å². The lowest BCUT2D eigenvalue weighted by Crippen LogP contribution is -1.97. The number of fused-ring (bicyclic) bond motifs is 3. The average Bonchev–Trinajstić information content (AvgIpc) is 3.27. The largest absolute Gasteiger partial charge is 0.507 e. The van der Waals surface area contributed by atoms with Crippen molar-refractivity contribution in [3.05, 3.63) is 123 Å². The topological polar surface area (TPSA) is 435 Å². The van der Waals surface area contributed by atoms with E-state index in [0.717, 1.165) is 54.6 Å². The van der Waals surface area contributed by atoms with Gasteiger partial charge in [0.25, 0.3) is 10.1 Å². The van der Waals surface area contributed by atoms with Crippen molar-refractivity contribution in [3.63, 3.8) is 0 Å². The van der Waals surface area contributed by atoms with Gasteiger partial charge in [-0.15, -0.1) is 64.6 Å². The van der Waals surface area contributed by atoms with Gasteiger partial charge in [0.15, 0.2) is 37.5 Å². The smallest absolute Gasteiger partial charge is 0.294 e. The first-order valence-corrected chi connectivity index (χ1v) is 21.9. The molecule has 0 radical (unpaired) electrons. The van der Waals surface area contributed by atoms with Gasteiger partial charge >= 0.3 is 0 Å². The highest BCUT2D eigenvalue weighted by molar-refractivity contribution is 8.31. The lowest BCUT2D eigenvalue weighted by Gasteiger charge is -2.18. The third-order valence-electron chi connectivity index (χ3n) is 8.66. The van der Waals surface area contributed by atoms with Crippen LogP contribution < -0.4 is 5.73 Å². The second kappa shape index (κ2) is 16.6. The van der Waals surface area contributed by atoms with Gasteiger partial charge in [0.05, 0.1) is 42.0 Å². The van der Waals surface area contributed by atoms with Crippen LogP contribution in [0.25, 0.3) is 32.3 Å². The van der Waals surface area contributed by atoms with Crippen molar-refractivity contribution in [3.8, 4) is 11.5 Å². The molecule has 6 rings (SSSR count). The Kier molecular flexibility index (Phi) is 11.7. The fourth-order valence-corrected chi connectivity index (χ4v) is 9.12. The minimum Gasteiger partial charge on any atom is -0.507 e. The lowest BCUT2D eigenvalue weighted by atomic mass is 10.1. The van der Waals surface area contributed by atoms with Crippen molar-refractivity contribution in [2.45, 2.75) is 19.6 Å². The fourth-order valence-electron chi connectivity index (χ4n) is 5.82. The summed E-state index contributed by atoms with van der Waals surface area (Å²) in [6.07, 6.45) is 0. The molecule has 0 bridgehead atoms. The number of nitrogens with two attached hydrogens (primary N) is 1. The normalized spacial score (nSPS) is 13.2. The van der Waals surface area contributed by atoms with E-state index in [0.29, 0.717) is 0 Å². The monoisotopic (exact) mass is 926 g/mol. The number of aromatic hydroxyl groups is 2. The third kappa shape index (κ3) is 7.33. The summed E-state index contributed by atoms with van der Waals surface area (Å²) < 4.78 is 56.6. The predicted molar refractivity (Wildman–Crippen MR) is 227 cm³/mol. The van der Waals surface area contributed by atoms with E-state index in [9.17, 15) is 67.3 Å². The Labute approximate surface area is 346 Å². The van der Waals surface area contributed by atoms with Crippen LogP contribution >= 0.6 is 31.8 Å². The molecule has 28 nitrogen and oxygen atoms in total. The van der Waals surface area contributed by atoms with Gasteiger partial charge in [0, 0.05) is 63.1 Å². The van der Waals surface area contributed by atoms with Crippen molar-refractivity contribution in [1.29, 1.82) is 0 Å². The minimum absolute atomic E-state index is 0.00391. The van der Waals surface area contributed by atoms with Crippen molar-refractivity contribution in [2.75, 3.05) is 5.73 Å². The third-order valence-corrected chi connectivity index (χ3v) is 14.0. The Bertz CT molecular complexity index is 3100. The molecule has 5 N–H and O–H groups in total. The average molecular weight is 927 g/mol. The summed E-state index contributed by atoms with van der Waals surface area (Å²) in [4.78, 5) is 103. The molecule has 316 valence electrons. The molecule has 0 spiro atoms. The van der Waals surface area contributed by atoms with Crippen molar-refractivity contribution >= 4 is 103 Å². The molecule has 62 heavy (non-hydrogen) atoms. The molecule has 0 aliphatic rings. The summed E-state index contributed by atoms with van der Waals surface area (Å²) in [5, 5.41) is 37.8. The second-order valence-electron chi connectivity index (χ2n) is 11.9. The number of anilines is 1. The van der Waals surface area contributed by atoms with Crippen LogP contribution in [0.4, 0.5) is 28.4 Å².